The molecule has 1 aromatic rings. The molecule has 1 rings (SSSR count). The van der Waals surface area contributed by atoms with Crippen LogP contribution in [0.15, 0.2) is 18.2 Å². The van der Waals surface area contributed by atoms with Gasteiger partial charge in [-0.25, -0.2) is 0 Å². The van der Waals surface area contributed by atoms with E-state index in [2.05, 4.69) is 5.32 Å². The van der Waals surface area contributed by atoms with Gasteiger partial charge in [0.05, 0.1) is 0 Å². The number of benzene rings is 1. The largest absolute Gasteiger partial charge is 0.324 e. The van der Waals surface area contributed by atoms with E-state index in [1.165, 1.54) is 5.06 Å². The Bertz CT molecular complexity index is 355. The average Bonchev–Trinajstić information content (AvgIpc) is 2.21. The van der Waals surface area contributed by atoms with Crippen LogP contribution in [0.2, 0.25) is 0 Å². The Morgan fingerprint density at radius 3 is 2.38 bits per heavy atom. The van der Waals surface area contributed by atoms with Gasteiger partial charge in [0.25, 0.3) is 5.91 Å². The number of carbonyl (C=O) groups excluding carboxylic acids is 1. The second-order valence-corrected chi connectivity index (χ2v) is 3.90. The summed E-state index contributed by atoms with van der Waals surface area (Å²) in [6.45, 7) is 3.96. The molecule has 0 spiro atoms. The standard InChI is InChI=1S/C12H18N2O2/c1-9-6-5-7-10(2)12(9)13-11(15)8-16-14(3)4/h5-7H,8H2,1-4H3,(H,13,15). The first-order chi connectivity index (χ1) is 7.50. The number of para-hydroxylation sites is 1. The molecule has 0 saturated heterocycles. The molecular weight excluding hydrogens is 204 g/mol. The highest BCUT2D eigenvalue weighted by molar-refractivity contribution is 5.93. The fourth-order valence-electron chi connectivity index (χ4n) is 1.37. The first-order valence-corrected chi connectivity index (χ1v) is 5.17. The van der Waals surface area contributed by atoms with Gasteiger partial charge in [0.15, 0.2) is 0 Å². The van der Waals surface area contributed by atoms with Gasteiger partial charge in [0.1, 0.15) is 6.61 Å². The summed E-state index contributed by atoms with van der Waals surface area (Å²) in [6, 6.07) is 5.90. The minimum atomic E-state index is -0.147. The molecule has 0 radical (unpaired) electrons. The summed E-state index contributed by atoms with van der Waals surface area (Å²) >= 11 is 0. The molecule has 1 N–H and O–H groups in total. The Morgan fingerprint density at radius 2 is 1.88 bits per heavy atom. The van der Waals surface area contributed by atoms with Crippen LogP contribution in [0.1, 0.15) is 11.1 Å². The quantitative estimate of drug-likeness (QED) is 0.789. The van der Waals surface area contributed by atoms with Crippen LogP contribution < -0.4 is 5.32 Å². The normalized spacial score (nSPS) is 10.6. The lowest BCUT2D eigenvalue weighted by Crippen LogP contribution is -2.24. The van der Waals surface area contributed by atoms with Gasteiger partial charge in [-0.2, -0.15) is 5.06 Å². The maximum Gasteiger partial charge on any atom is 0.252 e. The molecule has 4 heteroatoms. The summed E-state index contributed by atoms with van der Waals surface area (Å²) in [5.74, 6) is -0.147. The van der Waals surface area contributed by atoms with Crippen molar-refractivity contribution in [2.24, 2.45) is 0 Å². The Balaban J connectivity index is 2.63. The third-order valence-corrected chi connectivity index (χ3v) is 2.20. The van der Waals surface area contributed by atoms with Gasteiger partial charge in [0, 0.05) is 19.8 Å². The van der Waals surface area contributed by atoms with E-state index in [1.807, 2.05) is 32.0 Å². The molecule has 16 heavy (non-hydrogen) atoms. The van der Waals surface area contributed by atoms with Crippen molar-refractivity contribution < 1.29 is 9.63 Å². The van der Waals surface area contributed by atoms with Crippen LogP contribution in [-0.4, -0.2) is 31.7 Å². The van der Waals surface area contributed by atoms with E-state index in [9.17, 15) is 4.79 Å². The average molecular weight is 222 g/mol. The molecular formula is C12H18N2O2. The highest BCUT2D eigenvalue weighted by Gasteiger charge is 2.07. The summed E-state index contributed by atoms with van der Waals surface area (Å²) in [7, 11) is 3.48. The molecule has 0 heterocycles. The van der Waals surface area contributed by atoms with Gasteiger partial charge in [-0.3, -0.25) is 9.63 Å². The molecule has 1 aromatic carbocycles. The number of nitrogens with zero attached hydrogens (tertiary/aromatic N) is 1. The van der Waals surface area contributed by atoms with Gasteiger partial charge < -0.3 is 5.32 Å². The monoisotopic (exact) mass is 222 g/mol. The second kappa shape index (κ2) is 5.63. The van der Waals surface area contributed by atoms with Crippen molar-refractivity contribution in [3.05, 3.63) is 29.3 Å². The third-order valence-electron chi connectivity index (χ3n) is 2.20. The van der Waals surface area contributed by atoms with E-state index in [4.69, 9.17) is 4.84 Å². The first-order valence-electron chi connectivity index (χ1n) is 5.17. The number of nitrogens with one attached hydrogen (secondary N) is 1. The third kappa shape index (κ3) is 3.64. The molecule has 0 bridgehead atoms. The first kappa shape index (κ1) is 12.7. The van der Waals surface area contributed by atoms with E-state index < -0.39 is 0 Å². The zero-order valence-corrected chi connectivity index (χ0v) is 10.2. The lowest BCUT2D eigenvalue weighted by molar-refractivity contribution is -0.146. The molecule has 0 fully saturated rings. The number of carbonyl (C=O) groups is 1. The molecule has 0 aliphatic rings. The molecule has 88 valence electrons. The zero-order chi connectivity index (χ0) is 12.1. The smallest absolute Gasteiger partial charge is 0.252 e. The highest BCUT2D eigenvalue weighted by Crippen LogP contribution is 2.19. The van der Waals surface area contributed by atoms with Crippen LogP contribution in [0.4, 0.5) is 5.69 Å². The second-order valence-electron chi connectivity index (χ2n) is 3.90. The molecule has 0 atom stereocenters. The fourth-order valence-corrected chi connectivity index (χ4v) is 1.37. The fraction of sp³-hybridized carbons (Fsp3) is 0.417. The lowest BCUT2D eigenvalue weighted by atomic mass is 10.1. The van der Waals surface area contributed by atoms with Crippen LogP contribution in [-0.2, 0) is 9.63 Å². The van der Waals surface area contributed by atoms with E-state index in [0.717, 1.165) is 16.8 Å². The molecule has 0 saturated carbocycles. The maximum atomic E-state index is 11.6. The number of anilines is 1. The molecule has 4 nitrogen and oxygen atoms in total. The van der Waals surface area contributed by atoms with Crippen molar-refractivity contribution in [1.29, 1.82) is 0 Å². The summed E-state index contributed by atoms with van der Waals surface area (Å²) in [4.78, 5) is 16.6. The van der Waals surface area contributed by atoms with Crippen LogP contribution in [0.5, 0.6) is 0 Å². The Morgan fingerprint density at radius 1 is 1.31 bits per heavy atom. The van der Waals surface area contributed by atoms with E-state index in [-0.39, 0.29) is 12.5 Å². The minimum absolute atomic E-state index is 0.0285. The zero-order valence-electron chi connectivity index (χ0n) is 10.2. The summed E-state index contributed by atoms with van der Waals surface area (Å²) in [5, 5.41) is 4.35. The van der Waals surface area contributed by atoms with Crippen LogP contribution in [0, 0.1) is 13.8 Å². The van der Waals surface area contributed by atoms with Crippen molar-refractivity contribution in [2.45, 2.75) is 13.8 Å². The summed E-state index contributed by atoms with van der Waals surface area (Å²) in [6.07, 6.45) is 0. The van der Waals surface area contributed by atoms with Crippen molar-refractivity contribution in [3.63, 3.8) is 0 Å². The van der Waals surface area contributed by atoms with Crippen molar-refractivity contribution in [2.75, 3.05) is 26.0 Å². The number of hydrogen-bond acceptors (Lipinski definition) is 3. The van der Waals surface area contributed by atoms with Crippen molar-refractivity contribution in [3.8, 4) is 0 Å². The lowest BCUT2D eigenvalue weighted by Gasteiger charge is -2.13. The molecule has 0 aliphatic carbocycles. The number of amides is 1. The number of aryl methyl sites for hydroxylation is 2. The van der Waals surface area contributed by atoms with Gasteiger partial charge >= 0.3 is 0 Å². The van der Waals surface area contributed by atoms with Gasteiger partial charge in [-0.1, -0.05) is 18.2 Å². The van der Waals surface area contributed by atoms with E-state index in [0.29, 0.717) is 0 Å². The van der Waals surface area contributed by atoms with Crippen LogP contribution in [0.25, 0.3) is 0 Å². The number of hydrogen-bond donors (Lipinski definition) is 1. The SMILES string of the molecule is Cc1cccc(C)c1NC(=O)CON(C)C. The summed E-state index contributed by atoms with van der Waals surface area (Å²) in [5.41, 5.74) is 2.98. The Hall–Kier alpha value is -1.39. The van der Waals surface area contributed by atoms with Gasteiger partial charge in [-0.15, -0.1) is 0 Å². The number of rotatable bonds is 4. The predicted octanol–water partition coefficient (Wildman–Crippen LogP) is 1.74. The molecule has 0 aromatic heterocycles. The topological polar surface area (TPSA) is 41.6 Å². The maximum absolute atomic E-state index is 11.6. The van der Waals surface area contributed by atoms with Crippen LogP contribution in [0.3, 0.4) is 0 Å². The van der Waals surface area contributed by atoms with Gasteiger partial charge in [-0.05, 0) is 25.0 Å². The molecule has 1 amide bonds. The summed E-state index contributed by atoms with van der Waals surface area (Å²) < 4.78 is 0. The molecule has 0 aliphatic heterocycles. The highest BCUT2D eigenvalue weighted by atomic mass is 16.7. The van der Waals surface area contributed by atoms with Crippen molar-refractivity contribution >= 4 is 11.6 Å². The number of hydroxylamine groups is 2. The van der Waals surface area contributed by atoms with Crippen molar-refractivity contribution in [1.82, 2.24) is 5.06 Å². The predicted molar refractivity (Wildman–Crippen MR) is 64.2 cm³/mol. The van der Waals surface area contributed by atoms with E-state index >= 15 is 0 Å². The van der Waals surface area contributed by atoms with Crippen LogP contribution >= 0.6 is 0 Å². The van der Waals surface area contributed by atoms with Gasteiger partial charge in [0.2, 0.25) is 0 Å². The van der Waals surface area contributed by atoms with E-state index in [1.54, 1.807) is 14.1 Å². The Labute approximate surface area is 96.2 Å². The Kier molecular flexibility index (Phi) is 4.46. The molecule has 0 unspecified atom stereocenters. The minimum Gasteiger partial charge on any atom is -0.324 e.